The highest BCUT2D eigenvalue weighted by Gasteiger charge is 2.02. The topological polar surface area (TPSA) is 43.6 Å². The van der Waals surface area contributed by atoms with Crippen molar-refractivity contribution in [1.82, 2.24) is 5.32 Å². The third-order valence-corrected chi connectivity index (χ3v) is 2.66. The summed E-state index contributed by atoms with van der Waals surface area (Å²) in [7, 11) is 0. The van der Waals surface area contributed by atoms with Crippen LogP contribution in [0.1, 0.15) is 39.0 Å². The molecule has 4 nitrogen and oxygen atoms in total. The van der Waals surface area contributed by atoms with Crippen LogP contribution in [0.3, 0.4) is 0 Å². The molecular weight excluding hydrogens is 254 g/mol. The summed E-state index contributed by atoms with van der Waals surface area (Å²) >= 11 is 0. The molecule has 1 rings (SSSR count). The first-order valence-electron chi connectivity index (χ1n) is 7.50. The monoisotopic (exact) mass is 283 g/mol. The Morgan fingerprint density at radius 2 is 1.85 bits per heavy atom. The summed E-state index contributed by atoms with van der Waals surface area (Å²) in [4.78, 5) is 0. The predicted molar refractivity (Wildman–Crippen MR) is 80.6 cm³/mol. The van der Waals surface area contributed by atoms with E-state index in [1.807, 2.05) is 6.07 Å². The number of ether oxygens (including phenoxy) is 2. The molecule has 0 radical (unpaired) electrons. The van der Waals surface area contributed by atoms with Gasteiger partial charge in [0.2, 0.25) is 0 Å². The standard InChI is InChI=1S/C16H29NO3/c1-13(2)8-17-9-15-7-16(20-11-15)12-19-6-5-18-10-14(3)4/h7,11,13-14,17H,5-6,8-10,12H2,1-4H3. The molecule has 0 saturated heterocycles. The zero-order chi connectivity index (χ0) is 14.8. The van der Waals surface area contributed by atoms with Crippen molar-refractivity contribution in [3.05, 3.63) is 23.7 Å². The van der Waals surface area contributed by atoms with Crippen molar-refractivity contribution in [2.75, 3.05) is 26.4 Å². The van der Waals surface area contributed by atoms with Gasteiger partial charge in [0.25, 0.3) is 0 Å². The lowest BCUT2D eigenvalue weighted by Crippen LogP contribution is -2.18. The van der Waals surface area contributed by atoms with Gasteiger partial charge in [0, 0.05) is 18.7 Å². The molecule has 0 amide bonds. The zero-order valence-corrected chi connectivity index (χ0v) is 13.3. The average molecular weight is 283 g/mol. The quantitative estimate of drug-likeness (QED) is 0.633. The molecule has 1 heterocycles. The minimum absolute atomic E-state index is 0.509. The number of hydrogen-bond donors (Lipinski definition) is 1. The van der Waals surface area contributed by atoms with Crippen LogP contribution in [0.5, 0.6) is 0 Å². The highest BCUT2D eigenvalue weighted by molar-refractivity contribution is 5.11. The minimum atomic E-state index is 0.509. The van der Waals surface area contributed by atoms with Gasteiger partial charge in [-0.15, -0.1) is 0 Å². The molecule has 0 unspecified atom stereocenters. The van der Waals surface area contributed by atoms with E-state index in [2.05, 4.69) is 33.0 Å². The molecule has 1 N–H and O–H groups in total. The third kappa shape index (κ3) is 8.35. The van der Waals surface area contributed by atoms with Crippen molar-refractivity contribution in [2.24, 2.45) is 11.8 Å². The molecule has 20 heavy (non-hydrogen) atoms. The van der Waals surface area contributed by atoms with Gasteiger partial charge in [-0.3, -0.25) is 0 Å². The van der Waals surface area contributed by atoms with Gasteiger partial charge >= 0.3 is 0 Å². The van der Waals surface area contributed by atoms with E-state index in [0.717, 1.165) is 25.5 Å². The molecule has 0 spiro atoms. The van der Waals surface area contributed by atoms with E-state index in [4.69, 9.17) is 13.9 Å². The average Bonchev–Trinajstić information content (AvgIpc) is 2.81. The summed E-state index contributed by atoms with van der Waals surface area (Å²) < 4.78 is 16.4. The van der Waals surface area contributed by atoms with Gasteiger partial charge in [-0.2, -0.15) is 0 Å². The van der Waals surface area contributed by atoms with Crippen LogP contribution < -0.4 is 5.32 Å². The first-order chi connectivity index (χ1) is 9.58. The van der Waals surface area contributed by atoms with Crippen molar-refractivity contribution in [1.29, 1.82) is 0 Å². The molecule has 0 aliphatic heterocycles. The van der Waals surface area contributed by atoms with E-state index in [1.165, 1.54) is 5.56 Å². The molecule has 4 heteroatoms. The third-order valence-electron chi connectivity index (χ3n) is 2.66. The smallest absolute Gasteiger partial charge is 0.129 e. The predicted octanol–water partition coefficient (Wildman–Crippen LogP) is 3.21. The second-order valence-corrected chi connectivity index (χ2v) is 5.97. The molecular formula is C16H29NO3. The molecule has 0 aliphatic carbocycles. The lowest BCUT2D eigenvalue weighted by molar-refractivity contribution is 0.0264. The summed E-state index contributed by atoms with van der Waals surface area (Å²) in [6, 6.07) is 2.04. The second-order valence-electron chi connectivity index (χ2n) is 5.97. The normalized spacial score (nSPS) is 11.7. The number of hydrogen-bond acceptors (Lipinski definition) is 4. The largest absolute Gasteiger partial charge is 0.467 e. The van der Waals surface area contributed by atoms with Crippen LogP contribution in [0.4, 0.5) is 0 Å². The van der Waals surface area contributed by atoms with Crippen LogP contribution in [-0.2, 0) is 22.6 Å². The summed E-state index contributed by atoms with van der Waals surface area (Å²) in [6.45, 7) is 13.1. The fraction of sp³-hybridized carbons (Fsp3) is 0.750. The Morgan fingerprint density at radius 3 is 2.55 bits per heavy atom. The van der Waals surface area contributed by atoms with Gasteiger partial charge in [0.05, 0.1) is 19.5 Å². The van der Waals surface area contributed by atoms with Crippen LogP contribution in [0.15, 0.2) is 16.7 Å². The Morgan fingerprint density at radius 1 is 1.10 bits per heavy atom. The summed E-state index contributed by atoms with van der Waals surface area (Å²) in [5.41, 5.74) is 1.17. The molecule has 0 bridgehead atoms. The van der Waals surface area contributed by atoms with Crippen molar-refractivity contribution in [3.8, 4) is 0 Å². The fourth-order valence-corrected chi connectivity index (χ4v) is 1.71. The van der Waals surface area contributed by atoms with E-state index < -0.39 is 0 Å². The van der Waals surface area contributed by atoms with Crippen molar-refractivity contribution < 1.29 is 13.9 Å². The Hall–Kier alpha value is -0.840. The Labute approximate surface area is 122 Å². The van der Waals surface area contributed by atoms with Gasteiger partial charge in [-0.05, 0) is 24.4 Å². The van der Waals surface area contributed by atoms with Crippen LogP contribution in [0.2, 0.25) is 0 Å². The van der Waals surface area contributed by atoms with Crippen LogP contribution >= 0.6 is 0 Å². The minimum Gasteiger partial charge on any atom is -0.467 e. The first-order valence-corrected chi connectivity index (χ1v) is 7.50. The maximum atomic E-state index is 5.52. The Bertz CT molecular complexity index is 347. The Balaban J connectivity index is 2.08. The lowest BCUT2D eigenvalue weighted by atomic mass is 10.2. The van der Waals surface area contributed by atoms with Crippen molar-refractivity contribution >= 4 is 0 Å². The fourth-order valence-electron chi connectivity index (χ4n) is 1.71. The molecule has 0 atom stereocenters. The second kappa shape index (κ2) is 9.97. The highest BCUT2D eigenvalue weighted by Crippen LogP contribution is 2.09. The number of furan rings is 1. The summed E-state index contributed by atoms with van der Waals surface area (Å²) in [6.07, 6.45) is 1.79. The first kappa shape index (κ1) is 17.2. The SMILES string of the molecule is CC(C)CNCc1coc(COCCOCC(C)C)c1. The van der Waals surface area contributed by atoms with E-state index in [0.29, 0.717) is 31.7 Å². The van der Waals surface area contributed by atoms with Crippen LogP contribution in [-0.4, -0.2) is 26.4 Å². The highest BCUT2D eigenvalue weighted by atomic mass is 16.5. The van der Waals surface area contributed by atoms with E-state index in [1.54, 1.807) is 6.26 Å². The van der Waals surface area contributed by atoms with Crippen molar-refractivity contribution in [3.63, 3.8) is 0 Å². The molecule has 0 fully saturated rings. The molecule has 1 aromatic heterocycles. The molecule has 0 aromatic carbocycles. The molecule has 0 saturated carbocycles. The van der Waals surface area contributed by atoms with E-state index >= 15 is 0 Å². The van der Waals surface area contributed by atoms with E-state index in [9.17, 15) is 0 Å². The molecule has 1 aromatic rings. The number of nitrogens with one attached hydrogen (secondary N) is 1. The number of rotatable bonds is 11. The maximum Gasteiger partial charge on any atom is 0.129 e. The van der Waals surface area contributed by atoms with E-state index in [-0.39, 0.29) is 0 Å². The molecule has 116 valence electrons. The molecule has 0 aliphatic rings. The van der Waals surface area contributed by atoms with Crippen LogP contribution in [0.25, 0.3) is 0 Å². The van der Waals surface area contributed by atoms with Gasteiger partial charge in [0.15, 0.2) is 0 Å². The summed E-state index contributed by atoms with van der Waals surface area (Å²) in [5.74, 6) is 2.10. The zero-order valence-electron chi connectivity index (χ0n) is 13.3. The van der Waals surface area contributed by atoms with Crippen LogP contribution in [0, 0.1) is 11.8 Å². The lowest BCUT2D eigenvalue weighted by Gasteiger charge is -2.06. The van der Waals surface area contributed by atoms with Crippen molar-refractivity contribution in [2.45, 2.75) is 40.8 Å². The van der Waals surface area contributed by atoms with Gasteiger partial charge in [-0.1, -0.05) is 27.7 Å². The maximum absolute atomic E-state index is 5.52. The Kier molecular flexibility index (Phi) is 8.58. The summed E-state index contributed by atoms with van der Waals surface area (Å²) in [5, 5.41) is 3.39. The van der Waals surface area contributed by atoms with Gasteiger partial charge in [0.1, 0.15) is 12.4 Å². The van der Waals surface area contributed by atoms with Gasteiger partial charge in [-0.25, -0.2) is 0 Å². The van der Waals surface area contributed by atoms with Gasteiger partial charge < -0.3 is 19.2 Å².